The molecule has 4 atom stereocenters. The van der Waals surface area contributed by atoms with Gasteiger partial charge in [-0.15, -0.1) is 0 Å². The molecule has 3 nitrogen and oxygen atoms in total. The largest absolute Gasteiger partial charge is 0.390 e. The third kappa shape index (κ3) is 9.26. The van der Waals surface area contributed by atoms with Crippen LogP contribution in [-0.2, 0) is 0 Å². The van der Waals surface area contributed by atoms with Gasteiger partial charge < -0.3 is 15.7 Å². The van der Waals surface area contributed by atoms with Crippen LogP contribution in [0.2, 0.25) is 0 Å². The number of aliphatic hydroxyl groups excluding tert-OH is 1. The lowest BCUT2D eigenvalue weighted by Gasteiger charge is -2.22. The maximum atomic E-state index is 10.2. The van der Waals surface area contributed by atoms with Crippen LogP contribution in [0, 0.1) is 5.92 Å². The van der Waals surface area contributed by atoms with Gasteiger partial charge in [0.25, 0.3) is 0 Å². The number of thioether (sulfide) groups is 2. The summed E-state index contributed by atoms with van der Waals surface area (Å²) in [6, 6.07) is 20.4. The number of para-hydroxylation sites is 2. The summed E-state index contributed by atoms with van der Waals surface area (Å²) < 4.78 is 0. The first-order chi connectivity index (χ1) is 13.5. The van der Waals surface area contributed by atoms with E-state index in [0.29, 0.717) is 23.0 Å². The highest BCUT2D eigenvalue weighted by Crippen LogP contribution is 2.26. The number of aliphatic hydroxyl groups is 1. The van der Waals surface area contributed by atoms with Crippen molar-refractivity contribution in [2.75, 3.05) is 35.2 Å². The lowest BCUT2D eigenvalue weighted by molar-refractivity contribution is 0.213. The summed E-state index contributed by atoms with van der Waals surface area (Å²) in [6.45, 7) is 8.45. The highest BCUT2D eigenvalue weighted by atomic mass is 32.2. The first kappa shape index (κ1) is 23.0. The first-order valence-corrected chi connectivity index (χ1v) is 12.1. The van der Waals surface area contributed by atoms with Crippen molar-refractivity contribution >= 4 is 34.9 Å². The molecular weight excluding hydrogens is 384 g/mol. The van der Waals surface area contributed by atoms with Gasteiger partial charge in [0.1, 0.15) is 0 Å². The molecule has 5 heteroatoms. The van der Waals surface area contributed by atoms with E-state index in [-0.39, 0.29) is 6.10 Å². The SMILES string of the molecule is CC(CNc1ccccc1)CSC(C)C(C)SCC(O)CNc1ccccc1. The van der Waals surface area contributed by atoms with Crippen molar-refractivity contribution in [3.8, 4) is 0 Å². The molecule has 0 aliphatic heterocycles. The number of rotatable bonds is 13. The molecule has 2 aromatic carbocycles. The molecule has 0 radical (unpaired) electrons. The van der Waals surface area contributed by atoms with Crippen LogP contribution in [0.3, 0.4) is 0 Å². The van der Waals surface area contributed by atoms with E-state index in [2.05, 4.69) is 55.7 Å². The van der Waals surface area contributed by atoms with Gasteiger partial charge in [-0.2, -0.15) is 23.5 Å². The summed E-state index contributed by atoms with van der Waals surface area (Å²) in [5, 5.41) is 18.1. The smallest absolute Gasteiger partial charge is 0.0802 e. The second kappa shape index (κ2) is 13.0. The third-order valence-electron chi connectivity index (χ3n) is 4.60. The number of benzene rings is 2. The van der Waals surface area contributed by atoms with E-state index < -0.39 is 0 Å². The van der Waals surface area contributed by atoms with Crippen LogP contribution < -0.4 is 10.6 Å². The zero-order valence-corrected chi connectivity index (χ0v) is 18.8. The summed E-state index contributed by atoms with van der Waals surface area (Å²) in [6.07, 6.45) is -0.334. The quantitative estimate of drug-likeness (QED) is 0.404. The normalized spacial score (nSPS) is 15.4. The van der Waals surface area contributed by atoms with Crippen LogP contribution in [0.25, 0.3) is 0 Å². The van der Waals surface area contributed by atoms with Crippen LogP contribution in [-0.4, -0.2) is 46.3 Å². The van der Waals surface area contributed by atoms with Crippen LogP contribution in [0.4, 0.5) is 11.4 Å². The summed E-state index contributed by atoms with van der Waals surface area (Å²) in [5.74, 6) is 2.52. The van der Waals surface area contributed by atoms with Crippen molar-refractivity contribution in [1.29, 1.82) is 0 Å². The molecule has 0 spiro atoms. The summed E-state index contributed by atoms with van der Waals surface area (Å²) in [7, 11) is 0. The maximum absolute atomic E-state index is 10.2. The molecule has 0 bridgehead atoms. The molecule has 154 valence electrons. The van der Waals surface area contributed by atoms with Crippen LogP contribution in [0.5, 0.6) is 0 Å². The standard InChI is InChI=1S/C23H34N2OS2/c1-18(14-24-21-10-6-4-7-11-21)16-27-19(2)20(3)28-17-23(26)15-25-22-12-8-5-9-13-22/h4-13,18-20,23-26H,14-17H2,1-3H3. The lowest BCUT2D eigenvalue weighted by atomic mass is 10.2. The van der Waals surface area contributed by atoms with E-state index in [1.807, 2.05) is 59.9 Å². The maximum Gasteiger partial charge on any atom is 0.0802 e. The fourth-order valence-corrected chi connectivity index (χ4v) is 5.01. The molecule has 28 heavy (non-hydrogen) atoms. The zero-order valence-electron chi connectivity index (χ0n) is 17.2. The van der Waals surface area contributed by atoms with E-state index in [1.165, 1.54) is 5.69 Å². The van der Waals surface area contributed by atoms with Gasteiger partial charge in [0.2, 0.25) is 0 Å². The Morgan fingerprint density at radius 3 is 1.71 bits per heavy atom. The highest BCUT2D eigenvalue weighted by Gasteiger charge is 2.16. The molecule has 0 fully saturated rings. The molecule has 0 aromatic heterocycles. The summed E-state index contributed by atoms with van der Waals surface area (Å²) in [4.78, 5) is 0. The number of anilines is 2. The Morgan fingerprint density at radius 1 is 0.714 bits per heavy atom. The second-order valence-corrected chi connectivity index (χ2v) is 10.2. The van der Waals surface area contributed by atoms with Crippen LogP contribution >= 0.6 is 23.5 Å². The van der Waals surface area contributed by atoms with Gasteiger partial charge in [-0.1, -0.05) is 57.2 Å². The Bertz CT molecular complexity index is 584. The number of nitrogens with one attached hydrogen (secondary N) is 2. The predicted octanol–water partition coefficient (Wildman–Crippen LogP) is 5.45. The molecule has 0 saturated heterocycles. The Balaban J connectivity index is 1.57. The van der Waals surface area contributed by atoms with Gasteiger partial charge in [-0.3, -0.25) is 0 Å². The van der Waals surface area contributed by atoms with Crippen LogP contribution in [0.1, 0.15) is 20.8 Å². The third-order valence-corrected chi connectivity index (χ3v) is 7.98. The molecule has 0 aliphatic carbocycles. The number of hydrogen-bond acceptors (Lipinski definition) is 5. The molecule has 4 unspecified atom stereocenters. The molecule has 2 aromatic rings. The highest BCUT2D eigenvalue weighted by molar-refractivity contribution is 8.03. The van der Waals surface area contributed by atoms with Crippen molar-refractivity contribution < 1.29 is 5.11 Å². The second-order valence-electron chi connectivity index (χ2n) is 7.33. The van der Waals surface area contributed by atoms with Crippen molar-refractivity contribution in [2.24, 2.45) is 5.92 Å². The summed E-state index contributed by atoms with van der Waals surface area (Å²) in [5.41, 5.74) is 2.25. The Labute approximate surface area is 179 Å². The van der Waals surface area contributed by atoms with E-state index in [9.17, 15) is 5.11 Å². The van der Waals surface area contributed by atoms with Crippen molar-refractivity contribution in [3.63, 3.8) is 0 Å². The van der Waals surface area contributed by atoms with E-state index >= 15 is 0 Å². The Morgan fingerprint density at radius 2 is 1.18 bits per heavy atom. The van der Waals surface area contributed by atoms with Crippen molar-refractivity contribution in [2.45, 2.75) is 37.4 Å². The zero-order chi connectivity index (χ0) is 20.2. The van der Waals surface area contributed by atoms with Crippen LogP contribution in [0.15, 0.2) is 60.7 Å². The summed E-state index contributed by atoms with van der Waals surface area (Å²) >= 11 is 3.89. The average Bonchev–Trinajstić information content (AvgIpc) is 2.74. The molecule has 2 rings (SSSR count). The minimum atomic E-state index is -0.334. The Hall–Kier alpha value is -1.30. The lowest BCUT2D eigenvalue weighted by Crippen LogP contribution is -2.25. The van der Waals surface area contributed by atoms with Gasteiger partial charge in [0, 0.05) is 40.7 Å². The topological polar surface area (TPSA) is 44.3 Å². The predicted molar refractivity (Wildman–Crippen MR) is 129 cm³/mol. The molecule has 0 saturated carbocycles. The minimum absolute atomic E-state index is 0.334. The molecular formula is C23H34N2OS2. The fourth-order valence-electron chi connectivity index (χ4n) is 2.61. The van der Waals surface area contributed by atoms with E-state index in [0.717, 1.165) is 23.7 Å². The van der Waals surface area contributed by atoms with Crippen molar-refractivity contribution in [3.05, 3.63) is 60.7 Å². The molecule has 0 aliphatic rings. The van der Waals surface area contributed by atoms with Gasteiger partial charge in [-0.05, 0) is 35.9 Å². The van der Waals surface area contributed by atoms with E-state index in [4.69, 9.17) is 0 Å². The van der Waals surface area contributed by atoms with Crippen molar-refractivity contribution in [1.82, 2.24) is 0 Å². The minimum Gasteiger partial charge on any atom is -0.390 e. The van der Waals surface area contributed by atoms with Gasteiger partial charge in [0.15, 0.2) is 0 Å². The van der Waals surface area contributed by atoms with Gasteiger partial charge in [0.05, 0.1) is 6.10 Å². The number of hydrogen-bond donors (Lipinski definition) is 3. The molecule has 0 heterocycles. The monoisotopic (exact) mass is 418 g/mol. The molecule has 3 N–H and O–H groups in total. The average molecular weight is 419 g/mol. The van der Waals surface area contributed by atoms with Gasteiger partial charge >= 0.3 is 0 Å². The van der Waals surface area contributed by atoms with E-state index in [1.54, 1.807) is 0 Å². The molecule has 0 amide bonds. The Kier molecular flexibility index (Phi) is 10.7. The van der Waals surface area contributed by atoms with Gasteiger partial charge in [-0.25, -0.2) is 0 Å². The first-order valence-electron chi connectivity index (χ1n) is 10.0. The fraction of sp³-hybridized carbons (Fsp3) is 0.478.